The topological polar surface area (TPSA) is 43.4 Å². The van der Waals surface area contributed by atoms with E-state index in [0.29, 0.717) is 13.0 Å². The monoisotopic (exact) mass is 382 g/mol. The van der Waals surface area contributed by atoms with Crippen LogP contribution < -0.4 is 0 Å². The fourth-order valence-electron chi connectivity index (χ4n) is 3.47. The van der Waals surface area contributed by atoms with E-state index in [2.05, 4.69) is 13.8 Å². The van der Waals surface area contributed by atoms with Crippen molar-refractivity contribution in [1.82, 2.24) is 0 Å². The second-order valence-electron chi connectivity index (χ2n) is 8.07. The number of carbonyl (C=O) groups is 2. The highest BCUT2D eigenvalue weighted by Crippen LogP contribution is 2.14. The molecule has 0 amide bonds. The average molecular weight is 383 g/mol. The van der Waals surface area contributed by atoms with Gasteiger partial charge in [0.05, 0.1) is 6.61 Å². The zero-order chi connectivity index (χ0) is 20.2. The minimum atomic E-state index is -0.545. The van der Waals surface area contributed by atoms with E-state index in [4.69, 9.17) is 4.74 Å². The van der Waals surface area contributed by atoms with Crippen LogP contribution in [0.5, 0.6) is 0 Å². The van der Waals surface area contributed by atoms with Gasteiger partial charge < -0.3 is 4.74 Å². The molecule has 0 fully saturated rings. The van der Waals surface area contributed by atoms with Crippen molar-refractivity contribution < 1.29 is 14.3 Å². The fourth-order valence-corrected chi connectivity index (χ4v) is 3.47. The van der Waals surface area contributed by atoms with Crippen molar-refractivity contribution >= 4 is 11.8 Å². The molecule has 0 saturated heterocycles. The molecule has 0 aliphatic carbocycles. The second-order valence-corrected chi connectivity index (χ2v) is 8.07. The molecule has 27 heavy (non-hydrogen) atoms. The van der Waals surface area contributed by atoms with E-state index in [1.807, 2.05) is 0 Å². The molecule has 3 heteroatoms. The minimum absolute atomic E-state index is 0.0607. The molecule has 0 radical (unpaired) electrons. The molecular formula is C24H46O3. The summed E-state index contributed by atoms with van der Waals surface area (Å²) in [5, 5.41) is 0. The van der Waals surface area contributed by atoms with Gasteiger partial charge in [0.15, 0.2) is 0 Å². The maximum Gasteiger partial charge on any atom is 0.316 e. The lowest BCUT2D eigenvalue weighted by molar-refractivity contribution is -0.152. The maximum absolute atomic E-state index is 12.0. The summed E-state index contributed by atoms with van der Waals surface area (Å²) in [4.78, 5) is 23.5. The van der Waals surface area contributed by atoms with Crippen molar-refractivity contribution in [1.29, 1.82) is 0 Å². The van der Waals surface area contributed by atoms with Crippen molar-refractivity contribution in [2.24, 2.45) is 5.92 Å². The molecule has 0 rings (SSSR count). The average Bonchev–Trinajstić information content (AvgIpc) is 2.65. The molecule has 0 aliphatic heterocycles. The summed E-state index contributed by atoms with van der Waals surface area (Å²) in [6, 6.07) is 0. The van der Waals surface area contributed by atoms with E-state index >= 15 is 0 Å². The largest absolute Gasteiger partial charge is 0.465 e. The third-order valence-corrected chi connectivity index (χ3v) is 5.36. The van der Waals surface area contributed by atoms with Gasteiger partial charge in [0.25, 0.3) is 0 Å². The van der Waals surface area contributed by atoms with Crippen LogP contribution in [0, 0.1) is 5.92 Å². The standard InChI is InChI=1S/C24H46O3/c1-4-6-8-9-10-11-12-13-14-15-16-17-18-19-21-27-24(26)23(22(3)25)20-7-5-2/h23H,4-21H2,1-3H3. The molecule has 0 aromatic rings. The van der Waals surface area contributed by atoms with Crippen LogP contribution in [0.1, 0.15) is 130 Å². The first-order valence-corrected chi connectivity index (χ1v) is 11.8. The molecule has 0 saturated carbocycles. The predicted octanol–water partition coefficient (Wildman–Crippen LogP) is 7.41. The van der Waals surface area contributed by atoms with Gasteiger partial charge in [-0.25, -0.2) is 0 Å². The van der Waals surface area contributed by atoms with E-state index in [1.165, 1.54) is 84.0 Å². The van der Waals surface area contributed by atoms with Crippen LogP contribution in [0.3, 0.4) is 0 Å². The van der Waals surface area contributed by atoms with Gasteiger partial charge in [-0.15, -0.1) is 0 Å². The van der Waals surface area contributed by atoms with E-state index in [0.717, 1.165) is 25.7 Å². The van der Waals surface area contributed by atoms with Gasteiger partial charge in [-0.1, -0.05) is 110 Å². The Bertz CT molecular complexity index is 352. The first kappa shape index (κ1) is 26.1. The van der Waals surface area contributed by atoms with Gasteiger partial charge in [-0.05, 0) is 19.8 Å². The third-order valence-electron chi connectivity index (χ3n) is 5.36. The summed E-state index contributed by atoms with van der Waals surface area (Å²) in [5.74, 6) is -0.920. The van der Waals surface area contributed by atoms with Crippen molar-refractivity contribution in [3.63, 3.8) is 0 Å². The molecule has 0 N–H and O–H groups in total. The van der Waals surface area contributed by atoms with Crippen LogP contribution in [-0.2, 0) is 14.3 Å². The summed E-state index contributed by atoms with van der Waals surface area (Å²) in [6.07, 6.45) is 20.9. The zero-order valence-corrected chi connectivity index (χ0v) is 18.5. The fraction of sp³-hybridized carbons (Fsp3) is 0.917. The van der Waals surface area contributed by atoms with Crippen LogP contribution in [0.15, 0.2) is 0 Å². The van der Waals surface area contributed by atoms with Crippen molar-refractivity contribution in [2.75, 3.05) is 6.61 Å². The summed E-state index contributed by atoms with van der Waals surface area (Å²) in [7, 11) is 0. The lowest BCUT2D eigenvalue weighted by atomic mass is 9.98. The first-order chi connectivity index (χ1) is 13.1. The summed E-state index contributed by atoms with van der Waals surface area (Å²) in [6.45, 7) is 6.29. The number of hydrogen-bond acceptors (Lipinski definition) is 3. The number of carbonyl (C=O) groups excluding carboxylic acids is 2. The van der Waals surface area contributed by atoms with Crippen molar-refractivity contribution in [2.45, 2.75) is 130 Å². The number of ketones is 1. The lowest BCUT2D eigenvalue weighted by Crippen LogP contribution is -2.24. The molecule has 0 aromatic heterocycles. The predicted molar refractivity (Wildman–Crippen MR) is 115 cm³/mol. The highest BCUT2D eigenvalue weighted by Gasteiger charge is 2.23. The van der Waals surface area contributed by atoms with Gasteiger partial charge in [-0.2, -0.15) is 0 Å². The van der Waals surface area contributed by atoms with Gasteiger partial charge in [-0.3, -0.25) is 9.59 Å². The Morgan fingerprint density at radius 1 is 0.630 bits per heavy atom. The van der Waals surface area contributed by atoms with Gasteiger partial charge >= 0.3 is 5.97 Å². The molecule has 0 bridgehead atoms. The third kappa shape index (κ3) is 17.0. The molecule has 0 spiro atoms. The summed E-state index contributed by atoms with van der Waals surface area (Å²) >= 11 is 0. The number of hydrogen-bond donors (Lipinski definition) is 0. The van der Waals surface area contributed by atoms with E-state index in [9.17, 15) is 9.59 Å². The zero-order valence-electron chi connectivity index (χ0n) is 18.5. The Kier molecular flexibility index (Phi) is 19.3. The van der Waals surface area contributed by atoms with Crippen LogP contribution in [0.2, 0.25) is 0 Å². The second kappa shape index (κ2) is 19.9. The molecule has 0 heterocycles. The number of esters is 1. The molecule has 1 atom stereocenters. The first-order valence-electron chi connectivity index (χ1n) is 11.8. The van der Waals surface area contributed by atoms with Crippen LogP contribution in [0.25, 0.3) is 0 Å². The van der Waals surface area contributed by atoms with Crippen LogP contribution >= 0.6 is 0 Å². The molecular weight excluding hydrogens is 336 g/mol. The Hall–Kier alpha value is -0.860. The highest BCUT2D eigenvalue weighted by atomic mass is 16.5. The van der Waals surface area contributed by atoms with E-state index < -0.39 is 5.92 Å². The minimum Gasteiger partial charge on any atom is -0.465 e. The molecule has 0 aliphatic rings. The van der Waals surface area contributed by atoms with E-state index in [-0.39, 0.29) is 11.8 Å². The molecule has 160 valence electrons. The number of ether oxygens (including phenoxy) is 1. The molecule has 0 aromatic carbocycles. The summed E-state index contributed by atoms with van der Waals surface area (Å²) in [5.41, 5.74) is 0. The van der Waals surface area contributed by atoms with Crippen LogP contribution in [-0.4, -0.2) is 18.4 Å². The number of rotatable bonds is 20. The lowest BCUT2D eigenvalue weighted by Gasteiger charge is -2.12. The quantitative estimate of drug-likeness (QED) is 0.125. The van der Waals surface area contributed by atoms with Crippen molar-refractivity contribution in [3.05, 3.63) is 0 Å². The molecule has 1 unspecified atom stereocenters. The van der Waals surface area contributed by atoms with Gasteiger partial charge in [0, 0.05) is 0 Å². The Balaban J connectivity index is 3.39. The number of unbranched alkanes of at least 4 members (excludes halogenated alkanes) is 14. The van der Waals surface area contributed by atoms with Gasteiger partial charge in [0.1, 0.15) is 11.7 Å². The Morgan fingerprint density at radius 2 is 1.04 bits per heavy atom. The van der Waals surface area contributed by atoms with Gasteiger partial charge in [0.2, 0.25) is 0 Å². The summed E-state index contributed by atoms with van der Waals surface area (Å²) < 4.78 is 5.31. The van der Waals surface area contributed by atoms with Crippen molar-refractivity contribution in [3.8, 4) is 0 Å². The SMILES string of the molecule is CCCCCCCCCCCCCCCCOC(=O)C(CCCC)C(C)=O. The Labute approximate surface area is 169 Å². The normalized spacial score (nSPS) is 12.1. The van der Waals surface area contributed by atoms with E-state index in [1.54, 1.807) is 0 Å². The number of Topliss-reactive ketones (excluding diaryl/α,β-unsaturated/α-hetero) is 1. The molecule has 3 nitrogen and oxygen atoms in total. The Morgan fingerprint density at radius 3 is 1.44 bits per heavy atom. The smallest absolute Gasteiger partial charge is 0.316 e. The van der Waals surface area contributed by atoms with Crippen LogP contribution in [0.4, 0.5) is 0 Å². The maximum atomic E-state index is 12.0. The highest BCUT2D eigenvalue weighted by molar-refractivity contribution is 5.97.